The van der Waals surface area contributed by atoms with Crippen molar-refractivity contribution in [2.75, 3.05) is 17.2 Å². The standard InChI is InChI=1S/C11H19BrN4O3S2/c1-4-9(5-2)16(7-6-12)21(18,19)11-15-14-10(20-11)13-8(3)17/h9H,4-7H2,1-3H3,(H,13,14,17). The van der Waals surface area contributed by atoms with Gasteiger partial charge < -0.3 is 5.32 Å². The molecule has 0 radical (unpaired) electrons. The summed E-state index contributed by atoms with van der Waals surface area (Å²) in [6, 6.07) is -0.0827. The lowest BCUT2D eigenvalue weighted by Gasteiger charge is -2.27. The summed E-state index contributed by atoms with van der Waals surface area (Å²) in [7, 11) is -3.70. The molecule has 1 rings (SSSR count). The Hall–Kier alpha value is -0.580. The van der Waals surface area contributed by atoms with Gasteiger partial charge in [0.2, 0.25) is 15.4 Å². The zero-order chi connectivity index (χ0) is 16.0. The Labute approximate surface area is 137 Å². The van der Waals surface area contributed by atoms with E-state index in [-0.39, 0.29) is 21.4 Å². The fourth-order valence-corrected chi connectivity index (χ4v) is 5.35. The summed E-state index contributed by atoms with van der Waals surface area (Å²) < 4.78 is 26.7. The van der Waals surface area contributed by atoms with Crippen LogP contribution in [0, 0.1) is 0 Å². The Morgan fingerprint density at radius 3 is 2.48 bits per heavy atom. The number of nitrogens with zero attached hydrogens (tertiary/aromatic N) is 3. The molecular formula is C11H19BrN4O3S2. The first-order valence-electron chi connectivity index (χ1n) is 6.55. The lowest BCUT2D eigenvalue weighted by atomic mass is 10.2. The molecule has 1 aromatic heterocycles. The lowest BCUT2D eigenvalue weighted by molar-refractivity contribution is -0.114. The van der Waals surface area contributed by atoms with Gasteiger partial charge in [0.05, 0.1) is 0 Å². The molecule has 0 unspecified atom stereocenters. The van der Waals surface area contributed by atoms with Crippen LogP contribution in [-0.4, -0.2) is 46.7 Å². The highest BCUT2D eigenvalue weighted by Gasteiger charge is 2.32. The van der Waals surface area contributed by atoms with Crippen LogP contribution in [0.5, 0.6) is 0 Å². The van der Waals surface area contributed by atoms with Crippen LogP contribution in [-0.2, 0) is 14.8 Å². The van der Waals surface area contributed by atoms with E-state index >= 15 is 0 Å². The van der Waals surface area contributed by atoms with Crippen molar-refractivity contribution in [1.29, 1.82) is 0 Å². The molecule has 10 heteroatoms. The minimum atomic E-state index is -3.70. The molecule has 0 spiro atoms. The van der Waals surface area contributed by atoms with Crippen molar-refractivity contribution < 1.29 is 13.2 Å². The lowest BCUT2D eigenvalue weighted by Crippen LogP contribution is -2.40. The SMILES string of the molecule is CCC(CC)N(CCBr)S(=O)(=O)c1nnc(NC(C)=O)s1. The van der Waals surface area contributed by atoms with Gasteiger partial charge in [0.15, 0.2) is 0 Å². The fourth-order valence-electron chi connectivity index (χ4n) is 1.89. The van der Waals surface area contributed by atoms with Crippen molar-refractivity contribution >= 4 is 48.3 Å². The minimum absolute atomic E-state index is 0.0827. The van der Waals surface area contributed by atoms with Crippen LogP contribution in [0.4, 0.5) is 5.13 Å². The molecular weight excluding hydrogens is 380 g/mol. The number of hydrogen-bond donors (Lipinski definition) is 1. The summed E-state index contributed by atoms with van der Waals surface area (Å²) >= 11 is 4.15. The van der Waals surface area contributed by atoms with Gasteiger partial charge in [0, 0.05) is 24.8 Å². The fraction of sp³-hybridized carbons (Fsp3) is 0.727. The van der Waals surface area contributed by atoms with Crippen LogP contribution in [0.25, 0.3) is 0 Å². The molecule has 120 valence electrons. The van der Waals surface area contributed by atoms with Crippen molar-refractivity contribution in [2.24, 2.45) is 0 Å². The predicted octanol–water partition coefficient (Wildman–Crippen LogP) is 2.07. The number of carbonyl (C=O) groups is 1. The maximum atomic E-state index is 12.7. The number of nitrogens with one attached hydrogen (secondary N) is 1. The first kappa shape index (κ1) is 18.5. The number of alkyl halides is 1. The quantitative estimate of drug-likeness (QED) is 0.534. The zero-order valence-corrected chi connectivity index (χ0v) is 15.4. The minimum Gasteiger partial charge on any atom is -0.301 e. The average Bonchev–Trinajstić information content (AvgIpc) is 2.87. The molecule has 0 saturated carbocycles. The Morgan fingerprint density at radius 2 is 2.00 bits per heavy atom. The zero-order valence-electron chi connectivity index (χ0n) is 12.2. The van der Waals surface area contributed by atoms with E-state index in [0.717, 1.165) is 24.2 Å². The van der Waals surface area contributed by atoms with Crippen LogP contribution in [0.3, 0.4) is 0 Å². The van der Waals surface area contributed by atoms with Crippen molar-refractivity contribution in [1.82, 2.24) is 14.5 Å². The third-order valence-electron chi connectivity index (χ3n) is 2.87. The van der Waals surface area contributed by atoms with Crippen molar-refractivity contribution in [2.45, 2.75) is 44.0 Å². The molecule has 0 atom stereocenters. The molecule has 0 aromatic carbocycles. The third-order valence-corrected chi connectivity index (χ3v) is 6.36. The van der Waals surface area contributed by atoms with E-state index in [9.17, 15) is 13.2 Å². The van der Waals surface area contributed by atoms with E-state index < -0.39 is 10.0 Å². The Bertz CT molecular complexity index is 572. The Balaban J connectivity index is 3.10. The summed E-state index contributed by atoms with van der Waals surface area (Å²) in [5, 5.41) is 10.6. The van der Waals surface area contributed by atoms with Gasteiger partial charge in [0.25, 0.3) is 10.0 Å². The van der Waals surface area contributed by atoms with Crippen molar-refractivity contribution in [3.63, 3.8) is 0 Å². The Kier molecular flexibility index (Phi) is 7.17. The van der Waals surface area contributed by atoms with Gasteiger partial charge in [-0.1, -0.05) is 41.1 Å². The molecule has 7 nitrogen and oxygen atoms in total. The summed E-state index contributed by atoms with van der Waals surface area (Å²) in [4.78, 5) is 11.0. The number of hydrogen-bond acceptors (Lipinski definition) is 6. The second-order valence-electron chi connectivity index (χ2n) is 4.33. The van der Waals surface area contributed by atoms with Crippen molar-refractivity contribution in [3.8, 4) is 0 Å². The monoisotopic (exact) mass is 398 g/mol. The molecule has 0 fully saturated rings. The molecule has 0 bridgehead atoms. The van der Waals surface area contributed by atoms with Gasteiger partial charge in [0.1, 0.15) is 0 Å². The number of aromatic nitrogens is 2. The van der Waals surface area contributed by atoms with Gasteiger partial charge in [-0.2, -0.15) is 4.31 Å². The maximum absolute atomic E-state index is 12.7. The summed E-state index contributed by atoms with van der Waals surface area (Å²) in [6.45, 7) is 5.60. The number of sulfonamides is 1. The van der Waals surface area contributed by atoms with E-state index in [2.05, 4.69) is 31.4 Å². The largest absolute Gasteiger partial charge is 0.301 e. The highest BCUT2D eigenvalue weighted by molar-refractivity contribution is 9.09. The molecule has 21 heavy (non-hydrogen) atoms. The predicted molar refractivity (Wildman–Crippen MR) is 86.3 cm³/mol. The number of rotatable bonds is 8. The molecule has 0 saturated heterocycles. The molecule has 0 aliphatic rings. The Morgan fingerprint density at radius 1 is 1.38 bits per heavy atom. The van der Waals surface area contributed by atoms with E-state index in [0.29, 0.717) is 11.9 Å². The summed E-state index contributed by atoms with van der Waals surface area (Å²) in [5.41, 5.74) is 0. The topological polar surface area (TPSA) is 92.3 Å². The molecule has 1 amide bonds. The van der Waals surface area contributed by atoms with Crippen LogP contribution in [0.2, 0.25) is 0 Å². The van der Waals surface area contributed by atoms with E-state index in [1.54, 1.807) is 0 Å². The van der Waals surface area contributed by atoms with Gasteiger partial charge in [-0.15, -0.1) is 10.2 Å². The van der Waals surface area contributed by atoms with Gasteiger partial charge in [-0.3, -0.25) is 4.79 Å². The first-order chi connectivity index (χ1) is 9.86. The molecule has 0 aliphatic carbocycles. The number of amides is 1. The highest BCUT2D eigenvalue weighted by atomic mass is 79.9. The number of carbonyl (C=O) groups excluding carboxylic acids is 1. The average molecular weight is 399 g/mol. The molecule has 0 aliphatic heterocycles. The van der Waals surface area contributed by atoms with Crippen LogP contribution < -0.4 is 5.32 Å². The number of anilines is 1. The van der Waals surface area contributed by atoms with Gasteiger partial charge in [-0.05, 0) is 12.8 Å². The van der Waals surface area contributed by atoms with Crippen LogP contribution in [0.1, 0.15) is 33.6 Å². The normalized spacial score (nSPS) is 12.1. The third kappa shape index (κ3) is 4.70. The van der Waals surface area contributed by atoms with E-state index in [4.69, 9.17) is 0 Å². The van der Waals surface area contributed by atoms with Gasteiger partial charge in [-0.25, -0.2) is 8.42 Å². The van der Waals surface area contributed by atoms with E-state index in [1.807, 2.05) is 13.8 Å². The molecule has 1 heterocycles. The summed E-state index contributed by atoms with van der Waals surface area (Å²) in [5.74, 6) is -0.313. The molecule has 1 N–H and O–H groups in total. The van der Waals surface area contributed by atoms with Crippen LogP contribution in [0.15, 0.2) is 4.34 Å². The second-order valence-corrected chi connectivity index (χ2v) is 8.16. The first-order valence-corrected chi connectivity index (χ1v) is 9.93. The highest BCUT2D eigenvalue weighted by Crippen LogP contribution is 2.26. The smallest absolute Gasteiger partial charge is 0.272 e. The van der Waals surface area contributed by atoms with Gasteiger partial charge >= 0.3 is 0 Å². The second kappa shape index (κ2) is 8.16. The van der Waals surface area contributed by atoms with Crippen LogP contribution >= 0.6 is 27.3 Å². The molecule has 1 aromatic rings. The van der Waals surface area contributed by atoms with E-state index in [1.165, 1.54) is 11.2 Å². The maximum Gasteiger partial charge on any atom is 0.272 e. The number of halogens is 1. The van der Waals surface area contributed by atoms with Crippen molar-refractivity contribution in [3.05, 3.63) is 0 Å². The summed E-state index contributed by atoms with van der Waals surface area (Å²) in [6.07, 6.45) is 1.44.